The van der Waals surface area contributed by atoms with Gasteiger partial charge in [-0.1, -0.05) is 17.7 Å². The minimum atomic E-state index is -0.608. The maximum atomic E-state index is 12.8. The molecular formula is C26H33ClN8O. The Labute approximate surface area is 216 Å². The van der Waals surface area contributed by atoms with Crippen molar-refractivity contribution >= 4 is 40.8 Å². The summed E-state index contributed by atoms with van der Waals surface area (Å²) in [5, 5.41) is 13.9. The zero-order valence-electron chi connectivity index (χ0n) is 21.0. The fraction of sp³-hybridized carbons (Fsp3) is 0.462. The lowest BCUT2D eigenvalue weighted by molar-refractivity contribution is -0.141. The fourth-order valence-corrected chi connectivity index (χ4v) is 5.27. The van der Waals surface area contributed by atoms with Gasteiger partial charge in [0, 0.05) is 30.5 Å². The fourth-order valence-electron chi connectivity index (χ4n) is 5.13. The zero-order chi connectivity index (χ0) is 25.4. The molecule has 1 saturated heterocycles. The predicted molar refractivity (Wildman–Crippen MR) is 142 cm³/mol. The van der Waals surface area contributed by atoms with Gasteiger partial charge in [-0.2, -0.15) is 10.1 Å². The van der Waals surface area contributed by atoms with Gasteiger partial charge >= 0.3 is 0 Å². The molecule has 3 heterocycles. The Hall–Kier alpha value is -3.17. The molecule has 0 radical (unpaired) electrons. The summed E-state index contributed by atoms with van der Waals surface area (Å²) >= 11 is 6.30. The summed E-state index contributed by atoms with van der Waals surface area (Å²) in [6.45, 7) is 7.68. The summed E-state index contributed by atoms with van der Waals surface area (Å²) in [6, 6.07) is 6.27. The van der Waals surface area contributed by atoms with Gasteiger partial charge in [0.15, 0.2) is 11.6 Å². The summed E-state index contributed by atoms with van der Waals surface area (Å²) < 4.78 is 0. The zero-order valence-corrected chi connectivity index (χ0v) is 21.7. The number of amides is 1. The first-order valence-corrected chi connectivity index (χ1v) is 12.9. The second kappa shape index (κ2) is 9.71. The molecule has 0 spiro atoms. The van der Waals surface area contributed by atoms with Crippen molar-refractivity contribution in [3.8, 4) is 0 Å². The van der Waals surface area contributed by atoms with Crippen LogP contribution in [-0.4, -0.2) is 49.6 Å². The highest BCUT2D eigenvalue weighted by Crippen LogP contribution is 2.36. The van der Waals surface area contributed by atoms with E-state index in [1.165, 1.54) is 11.1 Å². The van der Waals surface area contributed by atoms with Gasteiger partial charge in [0.1, 0.15) is 5.02 Å². The normalized spacial score (nSPS) is 17.5. The van der Waals surface area contributed by atoms with E-state index in [9.17, 15) is 4.79 Å². The summed E-state index contributed by atoms with van der Waals surface area (Å²) in [4.78, 5) is 23.7. The maximum Gasteiger partial charge on any atom is 0.242 e. The number of aromatic nitrogens is 4. The maximum absolute atomic E-state index is 12.8. The van der Waals surface area contributed by atoms with Crippen LogP contribution in [0.2, 0.25) is 5.02 Å². The molecule has 1 saturated carbocycles. The van der Waals surface area contributed by atoms with E-state index in [0.717, 1.165) is 62.1 Å². The van der Waals surface area contributed by atoms with Crippen LogP contribution in [0.15, 0.2) is 24.4 Å². The predicted octanol–water partition coefficient (Wildman–Crippen LogP) is 4.85. The third-order valence-electron chi connectivity index (χ3n) is 7.45. The van der Waals surface area contributed by atoms with Gasteiger partial charge in [-0.05, 0) is 81.5 Å². The highest BCUT2D eigenvalue weighted by atomic mass is 35.5. The molecular weight excluding hydrogens is 476 g/mol. The number of benzene rings is 1. The summed E-state index contributed by atoms with van der Waals surface area (Å²) in [5.41, 5.74) is 11.2. The van der Waals surface area contributed by atoms with Crippen LogP contribution in [0.4, 0.5) is 23.3 Å². The highest BCUT2D eigenvalue weighted by Gasteiger charge is 2.43. The van der Waals surface area contributed by atoms with E-state index in [1.54, 1.807) is 6.20 Å². The van der Waals surface area contributed by atoms with Gasteiger partial charge in [0.2, 0.25) is 11.9 Å². The van der Waals surface area contributed by atoms with Crippen molar-refractivity contribution in [1.29, 1.82) is 0 Å². The van der Waals surface area contributed by atoms with Crippen molar-refractivity contribution in [2.24, 2.45) is 5.73 Å². The van der Waals surface area contributed by atoms with Gasteiger partial charge in [-0.15, -0.1) is 0 Å². The van der Waals surface area contributed by atoms with E-state index in [1.807, 2.05) is 17.9 Å². The number of rotatable bonds is 6. The molecule has 0 unspecified atom stereocenters. The Kier molecular flexibility index (Phi) is 6.61. The van der Waals surface area contributed by atoms with Crippen LogP contribution in [0.3, 0.4) is 0 Å². The van der Waals surface area contributed by atoms with Crippen LogP contribution in [0, 0.1) is 20.8 Å². The quantitative estimate of drug-likeness (QED) is 0.375. The third-order valence-corrected chi connectivity index (χ3v) is 7.73. The van der Waals surface area contributed by atoms with Crippen molar-refractivity contribution in [3.05, 3.63) is 51.8 Å². The molecule has 1 amide bonds. The number of hydrogen-bond acceptors (Lipinski definition) is 7. The molecule has 36 heavy (non-hydrogen) atoms. The summed E-state index contributed by atoms with van der Waals surface area (Å²) in [6.07, 6.45) is 6.17. The second-order valence-electron chi connectivity index (χ2n) is 10.2. The van der Waals surface area contributed by atoms with Gasteiger partial charge in [-0.25, -0.2) is 4.98 Å². The smallest absolute Gasteiger partial charge is 0.242 e. The average Bonchev–Trinajstić information content (AvgIpc) is 3.26. The Morgan fingerprint density at radius 2 is 1.89 bits per heavy atom. The van der Waals surface area contributed by atoms with Crippen molar-refractivity contribution in [2.75, 3.05) is 23.7 Å². The molecule has 9 nitrogen and oxygen atoms in total. The SMILES string of the molecule is Cc1cc(Nc2nc(Nc3cc(C)c(C4CCN(C(=O)C5(N)CCC5)CC4)cc3C)ncc2Cl)n[nH]1. The minimum absolute atomic E-state index is 0.138. The van der Waals surface area contributed by atoms with E-state index in [0.29, 0.717) is 28.5 Å². The topological polar surface area (TPSA) is 125 Å². The Bertz CT molecular complexity index is 1280. The molecule has 10 heteroatoms. The van der Waals surface area contributed by atoms with Crippen molar-refractivity contribution in [3.63, 3.8) is 0 Å². The molecule has 1 aromatic carbocycles. The Morgan fingerprint density at radius 3 is 2.53 bits per heavy atom. The number of likely N-dealkylation sites (tertiary alicyclic amines) is 1. The second-order valence-corrected chi connectivity index (χ2v) is 10.6. The van der Waals surface area contributed by atoms with Gasteiger partial charge in [0.25, 0.3) is 0 Å². The Balaban J connectivity index is 1.27. The molecule has 3 aromatic rings. The lowest BCUT2D eigenvalue weighted by Gasteiger charge is -2.43. The molecule has 2 fully saturated rings. The first kappa shape index (κ1) is 24.5. The molecule has 2 aromatic heterocycles. The molecule has 1 aliphatic heterocycles. The van der Waals surface area contributed by atoms with E-state index in [2.05, 4.69) is 56.8 Å². The number of anilines is 4. The number of nitrogens with one attached hydrogen (secondary N) is 3. The lowest BCUT2D eigenvalue weighted by Crippen LogP contribution is -2.60. The number of hydrogen-bond donors (Lipinski definition) is 4. The van der Waals surface area contributed by atoms with Gasteiger partial charge in [-0.3, -0.25) is 9.89 Å². The number of aromatic amines is 1. The largest absolute Gasteiger partial charge is 0.341 e. The van der Waals surface area contributed by atoms with Crippen LogP contribution >= 0.6 is 11.6 Å². The number of aryl methyl sites for hydroxylation is 3. The first-order valence-electron chi connectivity index (χ1n) is 12.5. The van der Waals surface area contributed by atoms with Crippen LogP contribution in [0.5, 0.6) is 0 Å². The van der Waals surface area contributed by atoms with Crippen LogP contribution in [0.1, 0.15) is 60.4 Å². The summed E-state index contributed by atoms with van der Waals surface area (Å²) in [7, 11) is 0. The highest BCUT2D eigenvalue weighted by molar-refractivity contribution is 6.32. The number of halogens is 1. The standard InChI is InChI=1S/C26H33ClN8O/c1-15-12-21(30-25-29-14-20(27)23(32-25)31-22-13-17(3)33-34-22)16(2)11-19(15)18-5-9-35(10-6-18)24(36)26(28)7-4-8-26/h11-14,18H,4-10,28H2,1-3H3,(H3,29,30,31,32,33,34). The van der Waals surface area contributed by atoms with Crippen LogP contribution in [0.25, 0.3) is 0 Å². The first-order chi connectivity index (χ1) is 17.2. The molecule has 190 valence electrons. The van der Waals surface area contributed by atoms with E-state index < -0.39 is 5.54 Å². The number of nitrogens with two attached hydrogens (primary N) is 1. The average molecular weight is 509 g/mol. The van der Waals surface area contributed by atoms with Crippen LogP contribution in [-0.2, 0) is 4.79 Å². The summed E-state index contributed by atoms with van der Waals surface area (Å²) in [5.74, 6) is 2.13. The molecule has 1 aliphatic carbocycles. The monoisotopic (exact) mass is 508 g/mol. The van der Waals surface area contributed by atoms with E-state index in [4.69, 9.17) is 17.3 Å². The molecule has 5 rings (SSSR count). The minimum Gasteiger partial charge on any atom is -0.341 e. The van der Waals surface area contributed by atoms with E-state index in [-0.39, 0.29) is 5.91 Å². The number of H-pyrrole nitrogens is 1. The van der Waals surface area contributed by atoms with Crippen molar-refractivity contribution in [2.45, 2.75) is 64.3 Å². The van der Waals surface area contributed by atoms with Gasteiger partial charge < -0.3 is 21.3 Å². The van der Waals surface area contributed by atoms with Crippen molar-refractivity contribution in [1.82, 2.24) is 25.1 Å². The third kappa shape index (κ3) is 4.90. The molecule has 5 N–H and O–H groups in total. The number of nitrogens with zero attached hydrogens (tertiary/aromatic N) is 4. The van der Waals surface area contributed by atoms with E-state index >= 15 is 0 Å². The van der Waals surface area contributed by atoms with Crippen molar-refractivity contribution < 1.29 is 4.79 Å². The number of carbonyl (C=O) groups is 1. The van der Waals surface area contributed by atoms with Crippen LogP contribution < -0.4 is 16.4 Å². The Morgan fingerprint density at radius 1 is 1.14 bits per heavy atom. The molecule has 0 bridgehead atoms. The number of piperidine rings is 1. The number of carbonyl (C=O) groups excluding carboxylic acids is 1. The molecule has 0 atom stereocenters. The van der Waals surface area contributed by atoms with Gasteiger partial charge in [0.05, 0.1) is 11.7 Å². The molecule has 2 aliphatic rings. The lowest BCUT2D eigenvalue weighted by atomic mass is 9.76.